The van der Waals surface area contributed by atoms with E-state index in [4.69, 9.17) is 20.5 Å². The average molecular weight is 467 g/mol. The third-order valence-corrected chi connectivity index (χ3v) is 10.9. The molecular weight excluding hydrogens is 424 g/mol. The summed E-state index contributed by atoms with van der Waals surface area (Å²) < 4.78 is 13.1. The van der Waals surface area contributed by atoms with Crippen molar-refractivity contribution in [2.24, 2.45) is 28.6 Å². The van der Waals surface area contributed by atoms with E-state index in [1.807, 2.05) is 0 Å². The Hall–Kier alpha value is -0.0362. The summed E-state index contributed by atoms with van der Waals surface area (Å²) in [7, 11) is -3.17. The molecule has 4 aliphatic rings. The molecule has 0 aliphatic heterocycles. The van der Waals surface area contributed by atoms with Crippen LogP contribution in [0, 0.1) is 28.6 Å². The first kappa shape index (κ1) is 23.1. The third-order valence-electron chi connectivity index (χ3n) is 8.69. The van der Waals surface area contributed by atoms with Crippen LogP contribution < -0.4 is 0 Å². The van der Waals surface area contributed by atoms with Gasteiger partial charge in [-0.05, 0) is 124 Å². The molecule has 0 radical (unpaired) electrons. The fourth-order valence-electron chi connectivity index (χ4n) is 7.47. The van der Waals surface area contributed by atoms with Gasteiger partial charge in [0.2, 0.25) is 8.32 Å². The van der Waals surface area contributed by atoms with E-state index >= 15 is 0 Å². The van der Waals surface area contributed by atoms with Crippen molar-refractivity contribution in [1.29, 1.82) is 0 Å². The van der Waals surface area contributed by atoms with Gasteiger partial charge >= 0.3 is 0 Å². The Labute approximate surface area is 192 Å². The zero-order valence-corrected chi connectivity index (χ0v) is 23.3. The first-order valence-corrected chi connectivity index (χ1v) is 19.4. The van der Waals surface area contributed by atoms with E-state index < -0.39 is 16.6 Å². The number of hydrogen-bond donors (Lipinski definition) is 0. The molecule has 4 aliphatic carbocycles. The van der Waals surface area contributed by atoms with Gasteiger partial charge in [-0.1, -0.05) is 25.4 Å². The number of hydrogen-bond acceptors (Lipinski definition) is 2. The van der Waals surface area contributed by atoms with Gasteiger partial charge in [-0.3, -0.25) is 0 Å². The summed E-state index contributed by atoms with van der Waals surface area (Å²) >= 11 is 7.01. The molecule has 0 amide bonds. The van der Waals surface area contributed by atoms with E-state index in [0.29, 0.717) is 11.5 Å². The predicted octanol–water partition coefficient (Wildman–Crippen LogP) is 8.08. The fraction of sp³-hybridized carbons (Fsp3) is 0.840. The minimum Gasteiger partial charge on any atom is -0.544 e. The summed E-state index contributed by atoms with van der Waals surface area (Å²) in [5.41, 5.74) is 2.09. The molecule has 3 saturated carbocycles. The van der Waals surface area contributed by atoms with Gasteiger partial charge in [0.25, 0.3) is 0 Å². The van der Waals surface area contributed by atoms with Crippen LogP contribution in [0.5, 0.6) is 0 Å². The largest absolute Gasteiger partial charge is 0.544 e. The standard InChI is InChI=1S/C25H43ClO2Si2/c1-24-16-14-21(27-29(3,4)5)23(26)20(24)10-9-17-18-11-12-22(28-30(6,7)8)25(18,2)15-13-19(17)24/h14,17-19,22H,9-13,15-16H2,1-8H3/t17?,18?,19?,22-,24+,25-/m0/s1. The van der Waals surface area contributed by atoms with E-state index in [9.17, 15) is 0 Å². The number of halogens is 1. The highest BCUT2D eigenvalue weighted by Crippen LogP contribution is 2.66. The maximum atomic E-state index is 7.01. The van der Waals surface area contributed by atoms with Gasteiger partial charge in [-0.15, -0.1) is 0 Å². The van der Waals surface area contributed by atoms with Crippen LogP contribution in [0.25, 0.3) is 0 Å². The van der Waals surface area contributed by atoms with Crippen molar-refractivity contribution in [2.45, 2.75) is 104 Å². The van der Waals surface area contributed by atoms with Crippen LogP contribution in [0.2, 0.25) is 39.3 Å². The van der Waals surface area contributed by atoms with Crippen molar-refractivity contribution in [3.63, 3.8) is 0 Å². The Morgan fingerprint density at radius 2 is 1.63 bits per heavy atom. The van der Waals surface area contributed by atoms with E-state index in [0.717, 1.165) is 41.4 Å². The van der Waals surface area contributed by atoms with Gasteiger partial charge in [-0.2, -0.15) is 0 Å². The molecule has 30 heavy (non-hydrogen) atoms. The highest BCUT2D eigenvalue weighted by atomic mass is 35.5. The van der Waals surface area contributed by atoms with Crippen molar-refractivity contribution in [3.8, 4) is 0 Å². The molecule has 3 unspecified atom stereocenters. The first-order valence-electron chi connectivity index (χ1n) is 12.2. The second-order valence-corrected chi connectivity index (χ2v) is 22.2. The molecule has 0 spiro atoms. The lowest BCUT2D eigenvalue weighted by molar-refractivity contribution is -0.0658. The maximum Gasteiger partial charge on any atom is 0.242 e. The highest BCUT2D eigenvalue weighted by Gasteiger charge is 2.59. The molecule has 3 fully saturated rings. The normalized spacial score (nSPS) is 41.7. The summed E-state index contributed by atoms with van der Waals surface area (Å²) in [5.74, 6) is 3.37. The Kier molecular flexibility index (Phi) is 5.78. The summed E-state index contributed by atoms with van der Waals surface area (Å²) in [6.07, 6.45) is 11.6. The van der Waals surface area contributed by atoms with Gasteiger partial charge < -0.3 is 8.85 Å². The predicted molar refractivity (Wildman–Crippen MR) is 133 cm³/mol. The smallest absolute Gasteiger partial charge is 0.242 e. The van der Waals surface area contributed by atoms with Crippen molar-refractivity contribution in [3.05, 3.63) is 22.4 Å². The zero-order chi connectivity index (χ0) is 22.1. The van der Waals surface area contributed by atoms with Crippen molar-refractivity contribution >= 4 is 28.2 Å². The highest BCUT2D eigenvalue weighted by molar-refractivity contribution is 6.70. The van der Waals surface area contributed by atoms with Crippen LogP contribution in [0.1, 0.15) is 58.8 Å². The molecule has 0 aromatic rings. The number of rotatable bonds is 4. The molecule has 0 aromatic carbocycles. The van der Waals surface area contributed by atoms with Crippen LogP contribution >= 0.6 is 11.6 Å². The molecule has 6 atom stereocenters. The molecule has 0 aromatic heterocycles. The van der Waals surface area contributed by atoms with E-state index in [-0.39, 0.29) is 5.41 Å². The lowest BCUT2D eigenvalue weighted by Crippen LogP contribution is -2.52. The fourth-order valence-corrected chi connectivity index (χ4v) is 10.0. The van der Waals surface area contributed by atoms with Crippen molar-refractivity contribution < 1.29 is 8.85 Å². The summed E-state index contributed by atoms with van der Waals surface area (Å²) in [6.45, 7) is 18.9. The van der Waals surface area contributed by atoms with Gasteiger partial charge in [0, 0.05) is 0 Å². The summed E-state index contributed by atoms with van der Waals surface area (Å²) in [5, 5.41) is 0.948. The zero-order valence-electron chi connectivity index (χ0n) is 20.5. The van der Waals surface area contributed by atoms with E-state index in [1.165, 1.54) is 37.7 Å². The molecule has 4 rings (SSSR count). The van der Waals surface area contributed by atoms with E-state index in [1.54, 1.807) is 0 Å². The monoisotopic (exact) mass is 466 g/mol. The van der Waals surface area contributed by atoms with Gasteiger partial charge in [0.15, 0.2) is 8.32 Å². The maximum absolute atomic E-state index is 7.01. The van der Waals surface area contributed by atoms with Crippen LogP contribution in [0.3, 0.4) is 0 Å². The van der Waals surface area contributed by atoms with Gasteiger partial charge in [0.1, 0.15) is 5.76 Å². The quantitative estimate of drug-likeness (QED) is 0.389. The minimum atomic E-state index is -1.65. The van der Waals surface area contributed by atoms with Crippen LogP contribution in [0.15, 0.2) is 22.4 Å². The molecule has 0 heterocycles. The SMILES string of the molecule is C[C@]12CC=C(O[Si](C)(C)C)C(Cl)=C1CCC1C2CC[C@@]2(C)C1CC[C@@H]2O[Si](C)(C)C. The van der Waals surface area contributed by atoms with Crippen LogP contribution in [-0.2, 0) is 8.85 Å². The topological polar surface area (TPSA) is 18.5 Å². The molecule has 5 heteroatoms. The lowest BCUT2D eigenvalue weighted by atomic mass is 9.48. The average Bonchev–Trinajstić information content (AvgIpc) is 2.92. The number of fused-ring (bicyclic) bond motifs is 5. The first-order chi connectivity index (χ1) is 13.7. The molecule has 2 nitrogen and oxygen atoms in total. The summed E-state index contributed by atoms with van der Waals surface area (Å²) in [4.78, 5) is 0. The van der Waals surface area contributed by atoms with Crippen LogP contribution in [0.4, 0.5) is 0 Å². The molecule has 170 valence electrons. The number of allylic oxidation sites excluding steroid dienone is 3. The van der Waals surface area contributed by atoms with E-state index in [2.05, 4.69) is 59.2 Å². The Morgan fingerprint density at radius 1 is 0.933 bits per heavy atom. The van der Waals surface area contributed by atoms with Gasteiger partial charge in [-0.25, -0.2) is 0 Å². The molecule has 0 bridgehead atoms. The second-order valence-electron chi connectivity index (χ2n) is 13.0. The Bertz CT molecular complexity index is 762. The van der Waals surface area contributed by atoms with Crippen LogP contribution in [-0.4, -0.2) is 22.7 Å². The van der Waals surface area contributed by atoms with Gasteiger partial charge in [0.05, 0.1) is 11.1 Å². The molecule has 0 N–H and O–H groups in total. The lowest BCUT2D eigenvalue weighted by Gasteiger charge is -2.58. The molecule has 0 saturated heterocycles. The Balaban J connectivity index is 1.58. The third kappa shape index (κ3) is 3.93. The summed E-state index contributed by atoms with van der Waals surface area (Å²) in [6, 6.07) is 0. The minimum absolute atomic E-state index is 0.214. The van der Waals surface area contributed by atoms with Crippen molar-refractivity contribution in [2.75, 3.05) is 0 Å². The Morgan fingerprint density at radius 3 is 2.27 bits per heavy atom. The van der Waals surface area contributed by atoms with Crippen molar-refractivity contribution in [1.82, 2.24) is 0 Å². The second kappa shape index (κ2) is 7.50. The molecular formula is C25H43ClO2Si2.